The third-order valence-electron chi connectivity index (χ3n) is 3.95. The SMILES string of the molecule is CN(C)NC(=O)C1(C2CCCCC2)CC1. The van der Waals surface area contributed by atoms with Gasteiger partial charge in [0, 0.05) is 14.1 Å². The summed E-state index contributed by atoms with van der Waals surface area (Å²) in [4.78, 5) is 12.1. The normalized spacial score (nSPS) is 25.3. The largest absolute Gasteiger partial charge is 0.289 e. The molecule has 0 aromatic heterocycles. The number of hydrogen-bond donors (Lipinski definition) is 1. The summed E-state index contributed by atoms with van der Waals surface area (Å²) in [5, 5.41) is 1.77. The van der Waals surface area contributed by atoms with Gasteiger partial charge in [-0.1, -0.05) is 19.3 Å². The fourth-order valence-electron chi connectivity index (χ4n) is 2.92. The number of amides is 1. The standard InChI is InChI=1S/C12H22N2O/c1-14(2)13-11(15)12(8-9-12)10-6-4-3-5-7-10/h10H,3-9H2,1-2H3,(H,13,15). The predicted molar refractivity (Wildman–Crippen MR) is 60.1 cm³/mol. The average Bonchev–Trinajstić information content (AvgIpc) is 2.99. The molecule has 0 aliphatic heterocycles. The van der Waals surface area contributed by atoms with Crippen LogP contribution in [0.4, 0.5) is 0 Å². The molecule has 86 valence electrons. The van der Waals surface area contributed by atoms with E-state index in [0.29, 0.717) is 5.92 Å². The maximum Gasteiger partial charge on any atom is 0.240 e. The number of hydrogen-bond acceptors (Lipinski definition) is 2. The van der Waals surface area contributed by atoms with Crippen molar-refractivity contribution < 1.29 is 4.79 Å². The van der Waals surface area contributed by atoms with Crippen LogP contribution in [-0.2, 0) is 4.79 Å². The van der Waals surface area contributed by atoms with E-state index < -0.39 is 0 Å². The Labute approximate surface area is 92.2 Å². The number of nitrogens with zero attached hydrogens (tertiary/aromatic N) is 1. The van der Waals surface area contributed by atoms with Gasteiger partial charge in [-0.2, -0.15) is 0 Å². The molecule has 0 aromatic carbocycles. The third-order valence-corrected chi connectivity index (χ3v) is 3.95. The highest BCUT2D eigenvalue weighted by molar-refractivity contribution is 5.85. The zero-order valence-electron chi connectivity index (χ0n) is 9.88. The van der Waals surface area contributed by atoms with E-state index in [1.165, 1.54) is 32.1 Å². The first kappa shape index (κ1) is 10.9. The first-order valence-electron chi connectivity index (χ1n) is 6.13. The van der Waals surface area contributed by atoms with Crippen molar-refractivity contribution in [1.29, 1.82) is 0 Å². The summed E-state index contributed by atoms with van der Waals surface area (Å²) in [6.45, 7) is 0. The van der Waals surface area contributed by atoms with Crippen molar-refractivity contribution in [2.75, 3.05) is 14.1 Å². The second-order valence-electron chi connectivity index (χ2n) is 5.33. The van der Waals surface area contributed by atoms with E-state index in [4.69, 9.17) is 0 Å². The van der Waals surface area contributed by atoms with E-state index in [-0.39, 0.29) is 11.3 Å². The van der Waals surface area contributed by atoms with E-state index in [1.54, 1.807) is 5.01 Å². The molecule has 0 atom stereocenters. The van der Waals surface area contributed by atoms with Gasteiger partial charge in [0.15, 0.2) is 0 Å². The van der Waals surface area contributed by atoms with Crippen LogP contribution in [0.15, 0.2) is 0 Å². The Morgan fingerprint density at radius 3 is 2.27 bits per heavy atom. The molecule has 15 heavy (non-hydrogen) atoms. The summed E-state index contributed by atoms with van der Waals surface area (Å²) >= 11 is 0. The van der Waals surface area contributed by atoms with Crippen LogP contribution in [0.2, 0.25) is 0 Å². The minimum Gasteiger partial charge on any atom is -0.289 e. The summed E-state index contributed by atoms with van der Waals surface area (Å²) in [7, 11) is 3.77. The highest BCUT2D eigenvalue weighted by Crippen LogP contribution is 2.56. The Bertz CT molecular complexity index is 240. The molecule has 3 nitrogen and oxygen atoms in total. The van der Waals surface area contributed by atoms with Crippen molar-refractivity contribution in [2.45, 2.75) is 44.9 Å². The Kier molecular flexibility index (Phi) is 3.01. The number of carbonyl (C=O) groups excluding carboxylic acids is 1. The lowest BCUT2D eigenvalue weighted by Gasteiger charge is -2.30. The van der Waals surface area contributed by atoms with E-state index in [1.807, 2.05) is 14.1 Å². The van der Waals surface area contributed by atoms with Gasteiger partial charge in [-0.15, -0.1) is 0 Å². The van der Waals surface area contributed by atoms with Gasteiger partial charge in [0.25, 0.3) is 0 Å². The zero-order valence-corrected chi connectivity index (χ0v) is 9.88. The second-order valence-corrected chi connectivity index (χ2v) is 5.33. The highest BCUT2D eigenvalue weighted by Gasteiger charge is 2.55. The molecule has 2 aliphatic rings. The first-order valence-corrected chi connectivity index (χ1v) is 6.13. The van der Waals surface area contributed by atoms with Gasteiger partial charge >= 0.3 is 0 Å². The number of rotatable bonds is 3. The van der Waals surface area contributed by atoms with Gasteiger partial charge < -0.3 is 0 Å². The molecular formula is C12H22N2O. The zero-order chi connectivity index (χ0) is 10.9. The Hall–Kier alpha value is -0.570. The summed E-state index contributed by atoms with van der Waals surface area (Å²) in [5.74, 6) is 0.922. The molecule has 0 aromatic rings. The van der Waals surface area contributed by atoms with Crippen molar-refractivity contribution >= 4 is 5.91 Å². The summed E-state index contributed by atoms with van der Waals surface area (Å²) in [5.41, 5.74) is 2.96. The van der Waals surface area contributed by atoms with Crippen LogP contribution in [0.5, 0.6) is 0 Å². The van der Waals surface area contributed by atoms with Crippen molar-refractivity contribution in [3.63, 3.8) is 0 Å². The van der Waals surface area contributed by atoms with Crippen molar-refractivity contribution in [3.05, 3.63) is 0 Å². The fourth-order valence-corrected chi connectivity index (χ4v) is 2.92. The Balaban J connectivity index is 1.96. The maximum absolute atomic E-state index is 12.1. The maximum atomic E-state index is 12.1. The van der Waals surface area contributed by atoms with Crippen LogP contribution in [-0.4, -0.2) is 25.0 Å². The molecule has 0 bridgehead atoms. The average molecular weight is 210 g/mol. The molecule has 1 N–H and O–H groups in total. The molecule has 0 radical (unpaired) electrons. The van der Waals surface area contributed by atoms with Crippen LogP contribution >= 0.6 is 0 Å². The minimum atomic E-state index is 0.0185. The monoisotopic (exact) mass is 210 g/mol. The van der Waals surface area contributed by atoms with E-state index >= 15 is 0 Å². The Morgan fingerprint density at radius 1 is 1.20 bits per heavy atom. The molecular weight excluding hydrogens is 188 g/mol. The lowest BCUT2D eigenvalue weighted by Crippen LogP contribution is -2.44. The molecule has 2 saturated carbocycles. The lowest BCUT2D eigenvalue weighted by atomic mass is 9.77. The third kappa shape index (κ3) is 2.17. The lowest BCUT2D eigenvalue weighted by molar-refractivity contribution is -0.132. The van der Waals surface area contributed by atoms with Gasteiger partial charge in [0.05, 0.1) is 5.41 Å². The summed E-state index contributed by atoms with van der Waals surface area (Å²) < 4.78 is 0. The molecule has 1 amide bonds. The molecule has 2 rings (SSSR count). The van der Waals surface area contributed by atoms with Crippen LogP contribution in [0, 0.1) is 11.3 Å². The molecule has 2 aliphatic carbocycles. The van der Waals surface area contributed by atoms with E-state index in [9.17, 15) is 4.79 Å². The predicted octanol–water partition coefficient (Wildman–Crippen LogP) is 1.94. The second kappa shape index (κ2) is 4.12. The van der Waals surface area contributed by atoms with Gasteiger partial charge in [-0.05, 0) is 31.6 Å². The van der Waals surface area contributed by atoms with Crippen LogP contribution in [0.3, 0.4) is 0 Å². The van der Waals surface area contributed by atoms with Gasteiger partial charge in [0.1, 0.15) is 0 Å². The number of carbonyl (C=O) groups is 1. The molecule has 0 saturated heterocycles. The fraction of sp³-hybridized carbons (Fsp3) is 0.917. The van der Waals surface area contributed by atoms with Crippen LogP contribution in [0.1, 0.15) is 44.9 Å². The summed E-state index contributed by atoms with van der Waals surface area (Å²) in [6.07, 6.45) is 8.75. The van der Waals surface area contributed by atoms with Crippen molar-refractivity contribution in [3.8, 4) is 0 Å². The number of nitrogens with one attached hydrogen (secondary N) is 1. The van der Waals surface area contributed by atoms with Gasteiger partial charge in [0.2, 0.25) is 5.91 Å². The molecule has 0 spiro atoms. The smallest absolute Gasteiger partial charge is 0.240 e. The topological polar surface area (TPSA) is 32.3 Å². The van der Waals surface area contributed by atoms with Crippen molar-refractivity contribution in [1.82, 2.24) is 10.4 Å². The van der Waals surface area contributed by atoms with Crippen molar-refractivity contribution in [2.24, 2.45) is 11.3 Å². The highest BCUT2D eigenvalue weighted by atomic mass is 16.2. The molecule has 0 unspecified atom stereocenters. The quantitative estimate of drug-likeness (QED) is 0.722. The molecule has 3 heteroatoms. The van der Waals surface area contributed by atoms with Gasteiger partial charge in [-0.3, -0.25) is 10.2 Å². The van der Waals surface area contributed by atoms with Crippen LogP contribution < -0.4 is 5.43 Å². The first-order chi connectivity index (χ1) is 7.15. The van der Waals surface area contributed by atoms with Crippen LogP contribution in [0.25, 0.3) is 0 Å². The van der Waals surface area contributed by atoms with E-state index in [2.05, 4.69) is 5.43 Å². The number of hydrazine groups is 1. The summed E-state index contributed by atoms with van der Waals surface area (Å²) in [6, 6.07) is 0. The van der Waals surface area contributed by atoms with E-state index in [0.717, 1.165) is 12.8 Å². The minimum absolute atomic E-state index is 0.0185. The Morgan fingerprint density at radius 2 is 1.80 bits per heavy atom. The molecule has 2 fully saturated rings. The van der Waals surface area contributed by atoms with Gasteiger partial charge in [-0.25, -0.2) is 5.01 Å². The molecule has 0 heterocycles.